The molecule has 2 aliphatic heterocycles. The molecule has 0 radical (unpaired) electrons. The average molecular weight is 292 g/mol. The first-order chi connectivity index (χ1) is 10.2. The zero-order valence-electron chi connectivity index (χ0n) is 12.2. The molecule has 7 nitrogen and oxygen atoms in total. The summed E-state index contributed by atoms with van der Waals surface area (Å²) in [5, 5.41) is 10.9. The van der Waals surface area contributed by atoms with Crippen LogP contribution in [0.5, 0.6) is 0 Å². The maximum absolute atomic E-state index is 11.7. The molecule has 21 heavy (non-hydrogen) atoms. The molecule has 2 aliphatic rings. The minimum atomic E-state index is -0.488. The van der Waals surface area contributed by atoms with Gasteiger partial charge in [-0.15, -0.1) is 10.2 Å². The van der Waals surface area contributed by atoms with Gasteiger partial charge in [0.1, 0.15) is 0 Å². The molecule has 1 spiro atoms. The van der Waals surface area contributed by atoms with Crippen molar-refractivity contribution in [1.29, 1.82) is 0 Å². The summed E-state index contributed by atoms with van der Waals surface area (Å²) in [6.45, 7) is 5.29. The predicted octanol–water partition coefficient (Wildman–Crippen LogP) is 0.570. The second-order valence-electron chi connectivity index (χ2n) is 5.27. The number of aromatic nitrogens is 2. The first-order valence-electron chi connectivity index (χ1n) is 7.37. The highest BCUT2D eigenvalue weighted by atomic mass is 16.7. The van der Waals surface area contributed by atoms with Gasteiger partial charge in [0.2, 0.25) is 0 Å². The van der Waals surface area contributed by atoms with Crippen LogP contribution in [0.4, 0.5) is 5.82 Å². The summed E-state index contributed by atoms with van der Waals surface area (Å²) < 4.78 is 11.5. The van der Waals surface area contributed by atoms with Crippen molar-refractivity contribution in [3.63, 3.8) is 0 Å². The van der Waals surface area contributed by atoms with Crippen LogP contribution in [-0.2, 0) is 9.47 Å². The van der Waals surface area contributed by atoms with Crippen molar-refractivity contribution in [2.45, 2.75) is 25.6 Å². The number of hydrogen-bond donors (Lipinski definition) is 1. The highest BCUT2D eigenvalue weighted by Gasteiger charge is 2.41. The van der Waals surface area contributed by atoms with Crippen LogP contribution in [0.25, 0.3) is 0 Å². The first-order valence-corrected chi connectivity index (χ1v) is 7.37. The molecule has 2 saturated heterocycles. The monoisotopic (exact) mass is 292 g/mol. The van der Waals surface area contributed by atoms with E-state index in [4.69, 9.17) is 9.47 Å². The zero-order chi connectivity index (χ0) is 14.7. The first kappa shape index (κ1) is 14.2. The summed E-state index contributed by atoms with van der Waals surface area (Å²) in [6.07, 6.45) is 1.90. The van der Waals surface area contributed by atoms with Crippen LogP contribution in [0.15, 0.2) is 12.1 Å². The van der Waals surface area contributed by atoms with Gasteiger partial charge in [-0.25, -0.2) is 0 Å². The third-order valence-electron chi connectivity index (χ3n) is 3.78. The number of anilines is 1. The van der Waals surface area contributed by atoms with Crippen LogP contribution >= 0.6 is 0 Å². The molecule has 2 fully saturated rings. The number of amides is 1. The van der Waals surface area contributed by atoms with Gasteiger partial charge in [-0.3, -0.25) is 4.79 Å². The third-order valence-corrected chi connectivity index (χ3v) is 3.78. The summed E-state index contributed by atoms with van der Waals surface area (Å²) in [4.78, 5) is 13.8. The minimum absolute atomic E-state index is 0.200. The minimum Gasteiger partial charge on any atom is -0.351 e. The molecular weight excluding hydrogens is 272 g/mol. The van der Waals surface area contributed by atoms with Crippen LogP contribution in [0.2, 0.25) is 0 Å². The Balaban J connectivity index is 1.70. The molecule has 1 amide bonds. The van der Waals surface area contributed by atoms with E-state index in [1.165, 1.54) is 0 Å². The quantitative estimate of drug-likeness (QED) is 0.877. The number of rotatable bonds is 3. The van der Waals surface area contributed by atoms with Gasteiger partial charge < -0.3 is 19.7 Å². The van der Waals surface area contributed by atoms with Crippen molar-refractivity contribution >= 4 is 11.7 Å². The number of piperidine rings is 1. The number of carbonyl (C=O) groups excluding carboxylic acids is 1. The van der Waals surface area contributed by atoms with Gasteiger partial charge in [0.15, 0.2) is 17.3 Å². The third kappa shape index (κ3) is 2.98. The van der Waals surface area contributed by atoms with Gasteiger partial charge in [0, 0.05) is 19.5 Å². The Hall–Kier alpha value is -1.73. The van der Waals surface area contributed by atoms with Gasteiger partial charge in [-0.1, -0.05) is 0 Å². The van der Waals surface area contributed by atoms with E-state index < -0.39 is 5.79 Å². The maximum atomic E-state index is 11.7. The Kier molecular flexibility index (Phi) is 4.03. The van der Waals surface area contributed by atoms with E-state index in [9.17, 15) is 4.79 Å². The molecule has 7 heteroatoms. The van der Waals surface area contributed by atoms with E-state index >= 15 is 0 Å². The molecule has 0 bridgehead atoms. The SMILES string of the molecule is CCNC(=O)c1ccc(N2CCCC3(C2)OCCO3)nn1. The number of ether oxygens (including phenoxy) is 2. The summed E-state index contributed by atoms with van der Waals surface area (Å²) >= 11 is 0. The van der Waals surface area contributed by atoms with Gasteiger partial charge in [-0.2, -0.15) is 0 Å². The molecule has 0 saturated carbocycles. The second-order valence-corrected chi connectivity index (χ2v) is 5.27. The van der Waals surface area contributed by atoms with Crippen molar-refractivity contribution in [3.8, 4) is 0 Å². The molecule has 0 atom stereocenters. The summed E-state index contributed by atoms with van der Waals surface area (Å²) in [5.74, 6) is 0.0633. The number of hydrogen-bond acceptors (Lipinski definition) is 6. The summed E-state index contributed by atoms with van der Waals surface area (Å²) in [6, 6.07) is 3.52. The summed E-state index contributed by atoms with van der Waals surface area (Å²) in [7, 11) is 0. The Bertz CT molecular complexity index is 499. The largest absolute Gasteiger partial charge is 0.351 e. The van der Waals surface area contributed by atoms with Crippen molar-refractivity contribution in [3.05, 3.63) is 17.8 Å². The Morgan fingerprint density at radius 1 is 1.38 bits per heavy atom. The van der Waals surface area contributed by atoms with Crippen molar-refractivity contribution in [2.24, 2.45) is 0 Å². The number of carbonyl (C=O) groups is 1. The lowest BCUT2D eigenvalue weighted by atomic mass is 10.0. The molecule has 0 unspecified atom stereocenters. The van der Waals surface area contributed by atoms with E-state index in [1.807, 2.05) is 13.0 Å². The fourth-order valence-corrected chi connectivity index (χ4v) is 2.78. The zero-order valence-corrected chi connectivity index (χ0v) is 12.2. The van der Waals surface area contributed by atoms with E-state index in [2.05, 4.69) is 20.4 Å². The van der Waals surface area contributed by atoms with E-state index in [-0.39, 0.29) is 5.91 Å². The smallest absolute Gasteiger partial charge is 0.271 e. The molecular formula is C14H20N4O3. The highest BCUT2D eigenvalue weighted by Crippen LogP contribution is 2.31. The molecule has 1 aromatic heterocycles. The van der Waals surface area contributed by atoms with Gasteiger partial charge in [0.05, 0.1) is 19.8 Å². The van der Waals surface area contributed by atoms with Gasteiger partial charge in [-0.05, 0) is 25.5 Å². The lowest BCUT2D eigenvalue weighted by Crippen LogP contribution is -2.49. The van der Waals surface area contributed by atoms with Crippen LogP contribution in [0.3, 0.4) is 0 Å². The van der Waals surface area contributed by atoms with Crippen LogP contribution < -0.4 is 10.2 Å². The predicted molar refractivity (Wildman–Crippen MR) is 76.1 cm³/mol. The molecule has 3 rings (SSSR count). The second kappa shape index (κ2) is 5.95. The Morgan fingerprint density at radius 2 is 2.19 bits per heavy atom. The standard InChI is InChI=1S/C14H20N4O3/c1-2-15-13(19)11-4-5-12(17-16-11)18-7-3-6-14(10-18)20-8-9-21-14/h4-5H,2-3,6-10H2,1H3,(H,15,19). The molecule has 0 aliphatic carbocycles. The lowest BCUT2D eigenvalue weighted by Gasteiger charge is -2.38. The Labute approximate surface area is 123 Å². The van der Waals surface area contributed by atoms with Crippen LogP contribution in [0.1, 0.15) is 30.3 Å². The molecule has 1 aromatic rings. The number of nitrogens with zero attached hydrogens (tertiary/aromatic N) is 3. The summed E-state index contributed by atoms with van der Waals surface area (Å²) in [5.41, 5.74) is 0.334. The highest BCUT2D eigenvalue weighted by molar-refractivity contribution is 5.92. The average Bonchev–Trinajstić information content (AvgIpc) is 2.95. The molecule has 0 aromatic carbocycles. The van der Waals surface area contributed by atoms with Crippen LogP contribution in [0, 0.1) is 0 Å². The fourth-order valence-electron chi connectivity index (χ4n) is 2.78. The van der Waals surface area contributed by atoms with Crippen molar-refractivity contribution in [1.82, 2.24) is 15.5 Å². The Morgan fingerprint density at radius 3 is 2.86 bits per heavy atom. The number of nitrogens with one attached hydrogen (secondary N) is 1. The maximum Gasteiger partial charge on any atom is 0.271 e. The van der Waals surface area contributed by atoms with E-state index in [0.717, 1.165) is 25.2 Å². The van der Waals surface area contributed by atoms with E-state index in [1.54, 1.807) is 6.07 Å². The van der Waals surface area contributed by atoms with Crippen molar-refractivity contribution in [2.75, 3.05) is 37.7 Å². The van der Waals surface area contributed by atoms with E-state index in [0.29, 0.717) is 32.0 Å². The fraction of sp³-hybridized carbons (Fsp3) is 0.643. The molecule has 3 heterocycles. The van der Waals surface area contributed by atoms with Crippen LogP contribution in [-0.4, -0.2) is 54.7 Å². The molecule has 1 N–H and O–H groups in total. The molecule has 114 valence electrons. The topological polar surface area (TPSA) is 76.6 Å². The lowest BCUT2D eigenvalue weighted by molar-refractivity contribution is -0.161. The normalized spacial score (nSPS) is 20.7. The van der Waals surface area contributed by atoms with Gasteiger partial charge in [0.25, 0.3) is 5.91 Å². The van der Waals surface area contributed by atoms with Crippen molar-refractivity contribution < 1.29 is 14.3 Å². The van der Waals surface area contributed by atoms with Gasteiger partial charge >= 0.3 is 0 Å².